The number of rotatable bonds is 8. The van der Waals surface area contributed by atoms with E-state index in [9.17, 15) is 18.0 Å². The largest absolute Gasteiger partial charge is 0.493 e. The van der Waals surface area contributed by atoms with Crippen LogP contribution in [0.4, 0.5) is 0 Å². The number of amides is 1. The Morgan fingerprint density at radius 2 is 1.92 bits per heavy atom. The van der Waals surface area contributed by atoms with E-state index in [0.29, 0.717) is 24.5 Å². The molecule has 1 fully saturated rings. The Balaban J connectivity index is 1.71. The van der Waals surface area contributed by atoms with Crippen LogP contribution in [-0.2, 0) is 30.6 Å². The Morgan fingerprint density at radius 3 is 2.54 bits per heavy atom. The standard InChI is InChI=1S/C17H23NO7S/c1-23-14-4-3-12(9-15(14)24-2)5-7-18-16(19)10-25-17(20)13-6-8-26(21,22)11-13/h3-4,9,13H,5-8,10-11H2,1-2H3,(H,18,19). The van der Waals surface area contributed by atoms with Gasteiger partial charge in [0.15, 0.2) is 27.9 Å². The molecule has 1 saturated heterocycles. The Kier molecular flexibility index (Phi) is 6.84. The molecule has 1 aromatic carbocycles. The molecule has 0 aromatic heterocycles. The second-order valence-corrected chi connectivity index (χ2v) is 8.23. The molecule has 26 heavy (non-hydrogen) atoms. The van der Waals surface area contributed by atoms with Crippen LogP contribution in [0, 0.1) is 5.92 Å². The van der Waals surface area contributed by atoms with Crippen LogP contribution in [0.15, 0.2) is 18.2 Å². The monoisotopic (exact) mass is 385 g/mol. The average molecular weight is 385 g/mol. The van der Waals surface area contributed by atoms with Gasteiger partial charge in [-0.3, -0.25) is 9.59 Å². The van der Waals surface area contributed by atoms with Crippen LogP contribution < -0.4 is 14.8 Å². The van der Waals surface area contributed by atoms with Crippen LogP contribution in [0.5, 0.6) is 11.5 Å². The van der Waals surface area contributed by atoms with Crippen LogP contribution in [0.25, 0.3) is 0 Å². The molecule has 1 N–H and O–H groups in total. The maximum atomic E-state index is 11.8. The highest BCUT2D eigenvalue weighted by molar-refractivity contribution is 7.91. The van der Waals surface area contributed by atoms with Gasteiger partial charge >= 0.3 is 5.97 Å². The fraction of sp³-hybridized carbons (Fsp3) is 0.529. The molecule has 1 atom stereocenters. The first kappa shape index (κ1) is 20.0. The Labute approximate surface area is 152 Å². The number of carbonyl (C=O) groups is 2. The van der Waals surface area contributed by atoms with Gasteiger partial charge in [0.1, 0.15) is 0 Å². The molecule has 1 aromatic rings. The number of methoxy groups -OCH3 is 2. The van der Waals surface area contributed by atoms with Crippen LogP contribution >= 0.6 is 0 Å². The molecule has 0 bridgehead atoms. The number of sulfone groups is 1. The Bertz CT molecular complexity index is 760. The fourth-order valence-corrected chi connectivity index (χ4v) is 4.39. The lowest BCUT2D eigenvalue weighted by Gasteiger charge is -2.11. The molecular weight excluding hydrogens is 362 g/mol. The summed E-state index contributed by atoms with van der Waals surface area (Å²) >= 11 is 0. The maximum Gasteiger partial charge on any atom is 0.310 e. The summed E-state index contributed by atoms with van der Waals surface area (Å²) in [6.07, 6.45) is 0.822. The summed E-state index contributed by atoms with van der Waals surface area (Å²) in [5, 5.41) is 2.65. The van der Waals surface area contributed by atoms with E-state index in [4.69, 9.17) is 14.2 Å². The first-order valence-corrected chi connectivity index (χ1v) is 10.0. The number of ether oxygens (including phenoxy) is 3. The second-order valence-electron chi connectivity index (χ2n) is 6.00. The zero-order valence-electron chi connectivity index (χ0n) is 14.8. The fourth-order valence-electron chi connectivity index (χ4n) is 2.67. The van der Waals surface area contributed by atoms with Gasteiger partial charge in [-0.15, -0.1) is 0 Å². The quantitative estimate of drug-likeness (QED) is 0.643. The van der Waals surface area contributed by atoms with Crippen molar-refractivity contribution < 1.29 is 32.2 Å². The van der Waals surface area contributed by atoms with Crippen LogP contribution in [-0.4, -0.2) is 59.2 Å². The van der Waals surface area contributed by atoms with Gasteiger partial charge in [0, 0.05) is 6.54 Å². The molecule has 0 saturated carbocycles. The van der Waals surface area contributed by atoms with E-state index in [0.717, 1.165) is 5.56 Å². The zero-order chi connectivity index (χ0) is 19.2. The molecule has 1 heterocycles. The number of esters is 1. The summed E-state index contributed by atoms with van der Waals surface area (Å²) in [7, 11) is -0.0507. The molecule has 144 valence electrons. The van der Waals surface area contributed by atoms with Crippen molar-refractivity contribution in [1.29, 1.82) is 0 Å². The van der Waals surface area contributed by atoms with Crippen molar-refractivity contribution in [2.75, 3.05) is 38.9 Å². The summed E-state index contributed by atoms with van der Waals surface area (Å²) in [4.78, 5) is 23.5. The van der Waals surface area contributed by atoms with Gasteiger partial charge in [0.2, 0.25) is 0 Å². The molecule has 8 nitrogen and oxygen atoms in total. The van der Waals surface area contributed by atoms with Gasteiger partial charge in [-0.2, -0.15) is 0 Å². The van der Waals surface area contributed by atoms with Crippen molar-refractivity contribution >= 4 is 21.7 Å². The van der Waals surface area contributed by atoms with Gasteiger partial charge in [-0.05, 0) is 30.5 Å². The van der Waals surface area contributed by atoms with Gasteiger partial charge in [0.05, 0.1) is 31.6 Å². The van der Waals surface area contributed by atoms with Gasteiger partial charge in [-0.1, -0.05) is 6.07 Å². The smallest absolute Gasteiger partial charge is 0.310 e. The maximum absolute atomic E-state index is 11.8. The van der Waals surface area contributed by atoms with Crippen LogP contribution in [0.3, 0.4) is 0 Å². The number of hydrogen-bond acceptors (Lipinski definition) is 7. The number of hydrogen-bond donors (Lipinski definition) is 1. The summed E-state index contributed by atoms with van der Waals surface area (Å²) in [6, 6.07) is 5.48. The highest BCUT2D eigenvalue weighted by Crippen LogP contribution is 2.27. The van der Waals surface area contributed by atoms with Crippen molar-refractivity contribution in [2.45, 2.75) is 12.8 Å². The summed E-state index contributed by atoms with van der Waals surface area (Å²) in [5.41, 5.74) is 0.955. The minimum atomic E-state index is -3.16. The van der Waals surface area contributed by atoms with E-state index in [1.54, 1.807) is 20.3 Å². The molecule has 1 aliphatic rings. The Morgan fingerprint density at radius 1 is 1.19 bits per heavy atom. The Hall–Kier alpha value is -2.29. The molecule has 1 amide bonds. The number of carbonyl (C=O) groups excluding carboxylic acids is 2. The third kappa shape index (κ3) is 5.62. The second kappa shape index (κ2) is 8.88. The van der Waals surface area contributed by atoms with E-state index >= 15 is 0 Å². The predicted octanol–water partition coefficient (Wildman–Crippen LogP) is 0.340. The summed E-state index contributed by atoms with van der Waals surface area (Å²) in [5.74, 6) is -0.713. The molecule has 1 unspecified atom stereocenters. The highest BCUT2D eigenvalue weighted by Gasteiger charge is 2.34. The van der Waals surface area contributed by atoms with Gasteiger partial charge < -0.3 is 19.5 Å². The van der Waals surface area contributed by atoms with Crippen molar-refractivity contribution in [3.05, 3.63) is 23.8 Å². The van der Waals surface area contributed by atoms with Gasteiger partial charge in [0.25, 0.3) is 5.91 Å². The number of nitrogens with one attached hydrogen (secondary N) is 1. The van der Waals surface area contributed by atoms with E-state index in [2.05, 4.69) is 5.32 Å². The predicted molar refractivity (Wildman–Crippen MR) is 94.0 cm³/mol. The molecule has 9 heteroatoms. The zero-order valence-corrected chi connectivity index (χ0v) is 15.6. The third-order valence-corrected chi connectivity index (χ3v) is 5.86. The molecule has 0 spiro atoms. The normalized spacial score (nSPS) is 18.2. The highest BCUT2D eigenvalue weighted by atomic mass is 32.2. The lowest BCUT2D eigenvalue weighted by molar-refractivity contribution is -0.151. The van der Waals surface area contributed by atoms with Crippen LogP contribution in [0.2, 0.25) is 0 Å². The molecule has 2 rings (SSSR count). The van der Waals surface area contributed by atoms with Crippen LogP contribution in [0.1, 0.15) is 12.0 Å². The lowest BCUT2D eigenvalue weighted by Crippen LogP contribution is -2.32. The first-order chi connectivity index (χ1) is 12.3. The first-order valence-electron chi connectivity index (χ1n) is 8.19. The lowest BCUT2D eigenvalue weighted by atomic mass is 10.1. The van der Waals surface area contributed by atoms with E-state index in [1.807, 2.05) is 12.1 Å². The summed E-state index contributed by atoms with van der Waals surface area (Å²) in [6.45, 7) is -0.0506. The van der Waals surface area contributed by atoms with E-state index in [-0.39, 0.29) is 17.9 Å². The van der Waals surface area contributed by atoms with Crippen molar-refractivity contribution in [2.24, 2.45) is 5.92 Å². The van der Waals surface area contributed by atoms with Crippen molar-refractivity contribution in [1.82, 2.24) is 5.32 Å². The average Bonchev–Trinajstić information content (AvgIpc) is 2.99. The third-order valence-electron chi connectivity index (χ3n) is 4.10. The van der Waals surface area contributed by atoms with E-state index in [1.165, 1.54) is 0 Å². The topological polar surface area (TPSA) is 108 Å². The SMILES string of the molecule is COc1ccc(CCNC(=O)COC(=O)C2CCS(=O)(=O)C2)cc1OC. The van der Waals surface area contributed by atoms with Crippen molar-refractivity contribution in [3.63, 3.8) is 0 Å². The minimum absolute atomic E-state index is 0.00964. The van der Waals surface area contributed by atoms with E-state index < -0.39 is 34.2 Å². The minimum Gasteiger partial charge on any atom is -0.493 e. The molecule has 0 radical (unpaired) electrons. The van der Waals surface area contributed by atoms with Crippen molar-refractivity contribution in [3.8, 4) is 11.5 Å². The molecule has 1 aliphatic heterocycles. The number of benzene rings is 1. The molecule has 0 aliphatic carbocycles. The van der Waals surface area contributed by atoms with Gasteiger partial charge in [-0.25, -0.2) is 8.42 Å². The molecular formula is C17H23NO7S. The summed E-state index contributed by atoms with van der Waals surface area (Å²) < 4.78 is 38.0.